The summed E-state index contributed by atoms with van der Waals surface area (Å²) in [6.45, 7) is 0.501. The first-order valence-corrected chi connectivity index (χ1v) is 10.4. The monoisotopic (exact) mass is 378 g/mol. The fraction of sp³-hybridized carbons (Fsp3) is 0.417. The summed E-state index contributed by atoms with van der Waals surface area (Å²) in [5, 5.41) is 6.15. The zero-order valence-corrected chi connectivity index (χ0v) is 16.4. The maximum absolute atomic E-state index is 12.6. The van der Waals surface area contributed by atoms with Gasteiger partial charge in [0.2, 0.25) is 5.91 Å². The molecular weight excluding hydrogens is 348 g/mol. The van der Waals surface area contributed by atoms with Crippen molar-refractivity contribution in [2.24, 2.45) is 5.92 Å². The lowest BCUT2D eigenvalue weighted by molar-refractivity contribution is -0.122. The van der Waals surface area contributed by atoms with Crippen LogP contribution < -0.4 is 10.6 Å². The molecule has 3 rings (SSSR count). The van der Waals surface area contributed by atoms with E-state index in [2.05, 4.69) is 22.8 Å². The Morgan fingerprint density at radius 2 is 1.54 bits per heavy atom. The third kappa shape index (κ3) is 5.95. The molecule has 2 aromatic rings. The van der Waals surface area contributed by atoms with E-state index >= 15 is 0 Å². The Morgan fingerprint density at radius 1 is 0.893 bits per heavy atom. The van der Waals surface area contributed by atoms with Crippen LogP contribution in [0.5, 0.6) is 0 Å². The molecule has 1 atom stereocenters. The predicted molar refractivity (Wildman–Crippen MR) is 112 cm³/mol. The molecule has 4 nitrogen and oxygen atoms in total. The molecule has 148 valence electrons. The van der Waals surface area contributed by atoms with Crippen molar-refractivity contribution in [3.8, 4) is 0 Å². The number of hydrogen-bond donors (Lipinski definition) is 2. The van der Waals surface area contributed by atoms with Crippen molar-refractivity contribution in [1.29, 1.82) is 0 Å². The molecule has 0 bridgehead atoms. The van der Waals surface area contributed by atoms with Gasteiger partial charge < -0.3 is 10.6 Å². The van der Waals surface area contributed by atoms with E-state index in [1.54, 1.807) is 12.1 Å². The van der Waals surface area contributed by atoms with Crippen LogP contribution in [0.4, 0.5) is 0 Å². The van der Waals surface area contributed by atoms with Crippen molar-refractivity contribution in [2.75, 3.05) is 6.54 Å². The molecule has 0 spiro atoms. The van der Waals surface area contributed by atoms with Gasteiger partial charge in [0.05, 0.1) is 6.04 Å². The molecule has 1 aliphatic rings. The van der Waals surface area contributed by atoms with Crippen molar-refractivity contribution < 1.29 is 9.59 Å². The molecule has 28 heavy (non-hydrogen) atoms. The smallest absolute Gasteiger partial charge is 0.251 e. The number of hydrogen-bond acceptors (Lipinski definition) is 2. The summed E-state index contributed by atoms with van der Waals surface area (Å²) in [4.78, 5) is 24.6. The molecule has 0 heterocycles. The van der Waals surface area contributed by atoms with Crippen molar-refractivity contribution >= 4 is 11.8 Å². The fourth-order valence-electron chi connectivity index (χ4n) is 3.99. The summed E-state index contributed by atoms with van der Waals surface area (Å²) in [5.74, 6) is 0.483. The lowest BCUT2D eigenvalue weighted by atomic mass is 9.81. The average Bonchev–Trinajstić information content (AvgIpc) is 2.76. The van der Waals surface area contributed by atoms with E-state index in [9.17, 15) is 9.59 Å². The summed E-state index contributed by atoms with van der Waals surface area (Å²) in [6, 6.07) is 19.6. The second-order valence-electron chi connectivity index (χ2n) is 7.58. The van der Waals surface area contributed by atoms with Crippen LogP contribution in [0.3, 0.4) is 0 Å². The van der Waals surface area contributed by atoms with Gasteiger partial charge in [-0.25, -0.2) is 0 Å². The summed E-state index contributed by atoms with van der Waals surface area (Å²) in [6.07, 6.45) is 7.19. The maximum atomic E-state index is 12.6. The highest BCUT2D eigenvalue weighted by Gasteiger charge is 2.26. The van der Waals surface area contributed by atoms with Crippen LogP contribution in [0.15, 0.2) is 60.7 Å². The van der Waals surface area contributed by atoms with E-state index in [4.69, 9.17) is 0 Å². The van der Waals surface area contributed by atoms with E-state index in [-0.39, 0.29) is 17.9 Å². The summed E-state index contributed by atoms with van der Waals surface area (Å²) in [5.41, 5.74) is 1.84. The molecule has 4 heteroatoms. The lowest BCUT2D eigenvalue weighted by Gasteiger charge is -2.31. The first-order valence-electron chi connectivity index (χ1n) is 10.4. The van der Waals surface area contributed by atoms with Crippen LogP contribution in [0.2, 0.25) is 0 Å². The third-order valence-corrected chi connectivity index (χ3v) is 5.50. The Balaban J connectivity index is 1.47. The SMILES string of the molecule is O=C(CCCNC(=O)c1ccccc1)NC(c1ccccc1)C1CCCCC1. The molecule has 0 aliphatic heterocycles. The van der Waals surface area contributed by atoms with Crippen molar-refractivity contribution in [2.45, 2.75) is 51.0 Å². The van der Waals surface area contributed by atoms with E-state index < -0.39 is 0 Å². The molecule has 2 amide bonds. The van der Waals surface area contributed by atoms with Gasteiger partial charge in [-0.2, -0.15) is 0 Å². The van der Waals surface area contributed by atoms with Gasteiger partial charge in [0.1, 0.15) is 0 Å². The number of carbonyl (C=O) groups excluding carboxylic acids is 2. The van der Waals surface area contributed by atoms with Crippen LogP contribution >= 0.6 is 0 Å². The van der Waals surface area contributed by atoms with E-state index in [1.807, 2.05) is 36.4 Å². The average molecular weight is 379 g/mol. The molecule has 2 aromatic carbocycles. The van der Waals surface area contributed by atoms with Gasteiger partial charge in [0.15, 0.2) is 0 Å². The van der Waals surface area contributed by atoms with Gasteiger partial charge in [-0.1, -0.05) is 67.8 Å². The molecule has 2 N–H and O–H groups in total. The summed E-state index contributed by atoms with van der Waals surface area (Å²) < 4.78 is 0. The number of rotatable bonds is 8. The molecular formula is C24H30N2O2. The van der Waals surface area contributed by atoms with Gasteiger partial charge in [-0.3, -0.25) is 9.59 Å². The predicted octanol–water partition coefficient (Wildman–Crippen LogP) is 4.63. The summed E-state index contributed by atoms with van der Waals surface area (Å²) in [7, 11) is 0. The molecule has 0 aromatic heterocycles. The Hall–Kier alpha value is -2.62. The van der Waals surface area contributed by atoms with Gasteiger partial charge in [0, 0.05) is 18.5 Å². The highest BCUT2D eigenvalue weighted by molar-refractivity contribution is 5.94. The van der Waals surface area contributed by atoms with Crippen LogP contribution in [-0.4, -0.2) is 18.4 Å². The number of amides is 2. The molecule has 1 aliphatic carbocycles. The van der Waals surface area contributed by atoms with Crippen molar-refractivity contribution in [1.82, 2.24) is 10.6 Å². The second kappa shape index (κ2) is 10.6. The molecule has 1 unspecified atom stereocenters. The first-order chi connectivity index (χ1) is 13.7. The van der Waals surface area contributed by atoms with Crippen molar-refractivity contribution in [3.63, 3.8) is 0 Å². The molecule has 0 saturated heterocycles. The first kappa shape index (κ1) is 20.1. The summed E-state index contributed by atoms with van der Waals surface area (Å²) >= 11 is 0. The molecule has 1 fully saturated rings. The lowest BCUT2D eigenvalue weighted by Crippen LogP contribution is -2.35. The zero-order valence-electron chi connectivity index (χ0n) is 16.4. The Kier molecular flexibility index (Phi) is 7.65. The van der Waals surface area contributed by atoms with Crippen LogP contribution in [-0.2, 0) is 4.79 Å². The van der Waals surface area contributed by atoms with E-state index in [1.165, 1.54) is 37.7 Å². The van der Waals surface area contributed by atoms with Crippen LogP contribution in [0.25, 0.3) is 0 Å². The zero-order chi connectivity index (χ0) is 19.6. The largest absolute Gasteiger partial charge is 0.352 e. The van der Waals surface area contributed by atoms with Gasteiger partial charge >= 0.3 is 0 Å². The van der Waals surface area contributed by atoms with Gasteiger partial charge in [0.25, 0.3) is 5.91 Å². The van der Waals surface area contributed by atoms with E-state index in [0.29, 0.717) is 30.9 Å². The second-order valence-corrected chi connectivity index (χ2v) is 7.58. The quantitative estimate of drug-likeness (QED) is 0.658. The molecule has 0 radical (unpaired) electrons. The molecule has 1 saturated carbocycles. The minimum atomic E-state index is -0.0922. The normalized spacial score (nSPS) is 15.6. The van der Waals surface area contributed by atoms with E-state index in [0.717, 1.165) is 0 Å². The van der Waals surface area contributed by atoms with Crippen molar-refractivity contribution in [3.05, 3.63) is 71.8 Å². The Labute approximate surface area is 167 Å². The Bertz CT molecular complexity index is 740. The third-order valence-electron chi connectivity index (χ3n) is 5.50. The maximum Gasteiger partial charge on any atom is 0.251 e. The number of nitrogens with one attached hydrogen (secondary N) is 2. The number of benzene rings is 2. The van der Waals surface area contributed by atoms with Gasteiger partial charge in [-0.15, -0.1) is 0 Å². The minimum absolute atomic E-state index is 0.0633. The highest BCUT2D eigenvalue weighted by Crippen LogP contribution is 2.34. The Morgan fingerprint density at radius 3 is 2.21 bits per heavy atom. The number of carbonyl (C=O) groups is 2. The van der Waals surface area contributed by atoms with Crippen LogP contribution in [0, 0.1) is 5.92 Å². The highest BCUT2D eigenvalue weighted by atomic mass is 16.2. The minimum Gasteiger partial charge on any atom is -0.352 e. The van der Waals surface area contributed by atoms with Gasteiger partial charge in [-0.05, 0) is 42.9 Å². The van der Waals surface area contributed by atoms with Crippen LogP contribution in [0.1, 0.15) is 66.9 Å². The fourth-order valence-corrected chi connectivity index (χ4v) is 3.99. The topological polar surface area (TPSA) is 58.2 Å². The standard InChI is InChI=1S/C24H30N2O2/c27-22(17-10-18-25-24(28)21-15-8-3-9-16-21)26-23(19-11-4-1-5-12-19)20-13-6-2-7-14-20/h1,3-5,8-9,11-12,15-16,20,23H,2,6-7,10,13-14,17-18H2,(H,25,28)(H,26,27).